The molecule has 0 aliphatic carbocycles. The molecule has 0 bridgehead atoms. The van der Waals surface area contributed by atoms with E-state index < -0.39 is 4.92 Å². The maximum absolute atomic E-state index is 11.0. The Kier molecular flexibility index (Phi) is 8.15. The Morgan fingerprint density at radius 2 is 2.18 bits per heavy atom. The number of hydrogen-bond donors (Lipinski definition) is 2. The molecule has 2 rings (SSSR count). The number of nitro groups is 1. The van der Waals surface area contributed by atoms with Gasteiger partial charge in [-0.1, -0.05) is 12.1 Å². The molecule has 152 valence electrons. The van der Waals surface area contributed by atoms with Crippen molar-refractivity contribution >= 4 is 28.7 Å². The van der Waals surface area contributed by atoms with Crippen LogP contribution in [0.5, 0.6) is 0 Å². The number of nitrogens with zero attached hydrogens (tertiary/aromatic N) is 4. The fraction of sp³-hybridized carbons (Fsp3) is 0.444. The van der Waals surface area contributed by atoms with E-state index in [1.54, 1.807) is 43.7 Å². The first-order valence-corrected chi connectivity index (χ1v) is 9.70. The van der Waals surface area contributed by atoms with Crippen molar-refractivity contribution in [3.63, 3.8) is 0 Å². The fourth-order valence-electron chi connectivity index (χ4n) is 2.54. The highest BCUT2D eigenvalue weighted by molar-refractivity contribution is 7.09. The minimum atomic E-state index is -0.394. The normalized spacial score (nSPS) is 12.5. The zero-order chi connectivity index (χ0) is 20.5. The lowest BCUT2D eigenvalue weighted by molar-refractivity contribution is -0.384. The fourth-order valence-corrected chi connectivity index (χ4v) is 3.38. The number of benzene rings is 1. The van der Waals surface area contributed by atoms with Crippen molar-refractivity contribution in [3.05, 3.63) is 50.5 Å². The minimum Gasteiger partial charge on any atom is -0.378 e. The Morgan fingerprint density at radius 3 is 2.86 bits per heavy atom. The number of thiazole rings is 1. The molecule has 1 atom stereocenters. The van der Waals surface area contributed by atoms with Crippen molar-refractivity contribution in [1.29, 1.82) is 0 Å². The first-order valence-electron chi connectivity index (χ1n) is 8.82. The minimum absolute atomic E-state index is 0.0189. The van der Waals surface area contributed by atoms with Crippen molar-refractivity contribution in [3.8, 4) is 0 Å². The molecule has 0 aliphatic heterocycles. The Hall–Kier alpha value is -2.72. The van der Waals surface area contributed by atoms with Crippen LogP contribution >= 0.6 is 11.3 Å². The Labute approximate surface area is 168 Å². The van der Waals surface area contributed by atoms with Crippen LogP contribution in [0.3, 0.4) is 0 Å². The van der Waals surface area contributed by atoms with E-state index in [4.69, 9.17) is 4.74 Å². The largest absolute Gasteiger partial charge is 0.378 e. The summed E-state index contributed by atoms with van der Waals surface area (Å²) in [6.45, 7) is 3.66. The zero-order valence-corrected chi connectivity index (χ0v) is 17.3. The van der Waals surface area contributed by atoms with Crippen LogP contribution in [0.1, 0.15) is 23.7 Å². The Balaban J connectivity index is 1.84. The quantitative estimate of drug-likeness (QED) is 0.217. The molecule has 0 aliphatic rings. The third-order valence-electron chi connectivity index (χ3n) is 4.07. The third-order valence-corrected chi connectivity index (χ3v) is 5.12. The highest BCUT2D eigenvalue weighted by Gasteiger charge is 2.13. The van der Waals surface area contributed by atoms with E-state index in [-0.39, 0.29) is 11.8 Å². The number of aliphatic imine (C=N–C) groups is 1. The van der Waals surface area contributed by atoms with E-state index in [1.165, 1.54) is 6.07 Å². The molecule has 0 spiro atoms. The van der Waals surface area contributed by atoms with E-state index in [0.717, 1.165) is 16.7 Å². The lowest BCUT2D eigenvalue weighted by Gasteiger charge is -2.21. The van der Waals surface area contributed by atoms with Gasteiger partial charge in [0.1, 0.15) is 16.8 Å². The molecule has 1 heterocycles. The third kappa shape index (κ3) is 5.89. The highest BCUT2D eigenvalue weighted by atomic mass is 32.1. The lowest BCUT2D eigenvalue weighted by Crippen LogP contribution is -2.40. The zero-order valence-electron chi connectivity index (χ0n) is 16.5. The molecule has 2 N–H and O–H groups in total. The van der Waals surface area contributed by atoms with E-state index in [1.807, 2.05) is 24.3 Å². The van der Waals surface area contributed by atoms with Gasteiger partial charge in [0, 0.05) is 45.7 Å². The molecule has 0 saturated heterocycles. The maximum Gasteiger partial charge on any atom is 0.292 e. The second-order valence-electron chi connectivity index (χ2n) is 6.09. The van der Waals surface area contributed by atoms with Crippen LogP contribution in [0.15, 0.2) is 34.6 Å². The molecule has 0 radical (unpaired) electrons. The molecule has 0 fully saturated rings. The van der Waals surface area contributed by atoms with E-state index in [9.17, 15) is 10.1 Å². The molecule has 1 aromatic heterocycles. The molecular weight excluding hydrogens is 380 g/mol. The number of guanidine groups is 1. The summed E-state index contributed by atoms with van der Waals surface area (Å²) in [6, 6.07) is 6.59. The number of nitrogens with one attached hydrogen (secondary N) is 2. The smallest absolute Gasteiger partial charge is 0.292 e. The first kappa shape index (κ1) is 21.6. The van der Waals surface area contributed by atoms with Crippen LogP contribution in [0.25, 0.3) is 0 Å². The summed E-state index contributed by atoms with van der Waals surface area (Å²) < 4.78 is 5.30. The molecule has 2 aromatic rings. The second kappa shape index (κ2) is 10.6. The number of para-hydroxylation sites is 2. The molecule has 0 amide bonds. The summed E-state index contributed by atoms with van der Waals surface area (Å²) >= 11 is 1.58. The van der Waals surface area contributed by atoms with E-state index >= 15 is 0 Å². The van der Waals surface area contributed by atoms with Gasteiger partial charge in [-0.15, -0.1) is 11.3 Å². The van der Waals surface area contributed by atoms with Gasteiger partial charge >= 0.3 is 0 Å². The van der Waals surface area contributed by atoms with Crippen LogP contribution in [0.2, 0.25) is 0 Å². The number of rotatable bonds is 9. The van der Waals surface area contributed by atoms with Crippen LogP contribution in [-0.4, -0.2) is 55.1 Å². The summed E-state index contributed by atoms with van der Waals surface area (Å²) in [6.07, 6.45) is -0.0189. The molecule has 28 heavy (non-hydrogen) atoms. The summed E-state index contributed by atoms with van der Waals surface area (Å²) in [5, 5.41) is 20.3. The lowest BCUT2D eigenvalue weighted by atomic mass is 10.2. The number of ether oxygens (including phenoxy) is 1. The van der Waals surface area contributed by atoms with Gasteiger partial charge in [-0.3, -0.25) is 15.1 Å². The van der Waals surface area contributed by atoms with Crippen molar-refractivity contribution in [2.24, 2.45) is 4.99 Å². The van der Waals surface area contributed by atoms with Crippen molar-refractivity contribution in [2.75, 3.05) is 39.6 Å². The average Bonchev–Trinajstić information content (AvgIpc) is 3.15. The highest BCUT2D eigenvalue weighted by Crippen LogP contribution is 2.23. The van der Waals surface area contributed by atoms with Gasteiger partial charge in [-0.2, -0.15) is 0 Å². The van der Waals surface area contributed by atoms with E-state index in [0.29, 0.717) is 25.3 Å². The van der Waals surface area contributed by atoms with Gasteiger partial charge in [0.15, 0.2) is 5.96 Å². The molecule has 1 unspecified atom stereocenters. The molecule has 9 nitrogen and oxygen atoms in total. The summed E-state index contributed by atoms with van der Waals surface area (Å²) in [5.74, 6) is 0.721. The Bertz CT molecular complexity index is 810. The molecular formula is C18H26N6O3S. The van der Waals surface area contributed by atoms with Gasteiger partial charge in [0.25, 0.3) is 5.69 Å². The predicted octanol–water partition coefficient (Wildman–Crippen LogP) is 2.88. The van der Waals surface area contributed by atoms with E-state index in [2.05, 4.69) is 20.6 Å². The van der Waals surface area contributed by atoms with Crippen LogP contribution in [0, 0.1) is 10.1 Å². The van der Waals surface area contributed by atoms with Crippen molar-refractivity contribution in [2.45, 2.75) is 19.6 Å². The van der Waals surface area contributed by atoms with Gasteiger partial charge in [-0.25, -0.2) is 4.98 Å². The summed E-state index contributed by atoms with van der Waals surface area (Å²) in [4.78, 5) is 21.5. The Morgan fingerprint density at radius 1 is 1.43 bits per heavy atom. The predicted molar refractivity (Wildman–Crippen MR) is 112 cm³/mol. The van der Waals surface area contributed by atoms with Gasteiger partial charge < -0.3 is 20.3 Å². The second-order valence-corrected chi connectivity index (χ2v) is 6.98. The van der Waals surface area contributed by atoms with Crippen molar-refractivity contribution in [1.82, 2.24) is 15.2 Å². The van der Waals surface area contributed by atoms with Crippen LogP contribution in [-0.2, 0) is 11.3 Å². The van der Waals surface area contributed by atoms with Gasteiger partial charge in [0.2, 0.25) is 0 Å². The summed E-state index contributed by atoms with van der Waals surface area (Å²) in [5.41, 5.74) is 1.51. The van der Waals surface area contributed by atoms with Crippen LogP contribution < -0.4 is 10.6 Å². The molecule has 0 saturated carbocycles. The van der Waals surface area contributed by atoms with Gasteiger partial charge in [-0.05, 0) is 13.0 Å². The number of methoxy groups -OCH3 is 1. The topological polar surface area (TPSA) is 105 Å². The standard InChI is InChI=1S/C18H26N6O3S/c1-13(27-4)17-22-14(12-28-17)11-23(3)18(19-2)21-10-9-20-15-7-5-6-8-16(15)24(25)26/h5-8,12-13,20H,9-11H2,1-4H3,(H,19,21). The number of aromatic nitrogens is 1. The molecule has 1 aromatic carbocycles. The van der Waals surface area contributed by atoms with Crippen molar-refractivity contribution < 1.29 is 9.66 Å². The summed E-state index contributed by atoms with van der Waals surface area (Å²) in [7, 11) is 5.32. The van der Waals surface area contributed by atoms with Crippen LogP contribution in [0.4, 0.5) is 11.4 Å². The molecule has 10 heteroatoms. The monoisotopic (exact) mass is 406 g/mol. The maximum atomic E-state index is 11.0. The number of nitro benzene ring substituents is 1. The first-order chi connectivity index (χ1) is 13.5. The SMILES string of the molecule is CN=C(NCCNc1ccccc1[N+](=O)[O-])N(C)Cc1csc(C(C)OC)n1. The van der Waals surface area contributed by atoms with Gasteiger partial charge in [0.05, 0.1) is 17.2 Å². The number of hydrogen-bond acceptors (Lipinski definition) is 7. The number of anilines is 1. The average molecular weight is 407 g/mol.